The van der Waals surface area contributed by atoms with E-state index in [2.05, 4.69) is 42.5 Å². The molecule has 20 heavy (non-hydrogen) atoms. The standard InChI is InChI=1S/C16H21N3O/c1-12-4-5-16-14(10-12)15(11-20-16)18-13(2)6-9-19-8-3-7-17-19/h3-5,7-8,10,13,15,18H,6,9,11H2,1-2H3. The van der Waals surface area contributed by atoms with Crippen LogP contribution in [0.1, 0.15) is 30.5 Å². The molecule has 0 fully saturated rings. The molecule has 0 saturated carbocycles. The molecule has 0 saturated heterocycles. The van der Waals surface area contributed by atoms with Crippen molar-refractivity contribution in [2.24, 2.45) is 0 Å². The molecule has 0 radical (unpaired) electrons. The summed E-state index contributed by atoms with van der Waals surface area (Å²) >= 11 is 0. The average molecular weight is 271 g/mol. The second-order valence-corrected chi connectivity index (χ2v) is 5.53. The Balaban J connectivity index is 1.58. The second-order valence-electron chi connectivity index (χ2n) is 5.53. The van der Waals surface area contributed by atoms with Crippen molar-refractivity contribution in [2.45, 2.75) is 38.9 Å². The molecular formula is C16H21N3O. The van der Waals surface area contributed by atoms with Crippen LogP contribution in [0.25, 0.3) is 0 Å². The number of benzene rings is 1. The van der Waals surface area contributed by atoms with Crippen molar-refractivity contribution in [1.29, 1.82) is 0 Å². The summed E-state index contributed by atoms with van der Waals surface area (Å²) in [6.07, 6.45) is 4.88. The lowest BCUT2D eigenvalue weighted by Crippen LogP contribution is -2.32. The van der Waals surface area contributed by atoms with Gasteiger partial charge in [0.1, 0.15) is 12.4 Å². The highest BCUT2D eigenvalue weighted by molar-refractivity contribution is 5.42. The predicted molar refractivity (Wildman–Crippen MR) is 78.9 cm³/mol. The van der Waals surface area contributed by atoms with Gasteiger partial charge in [-0.3, -0.25) is 4.68 Å². The highest BCUT2D eigenvalue weighted by Gasteiger charge is 2.25. The summed E-state index contributed by atoms with van der Waals surface area (Å²) in [6.45, 7) is 6.01. The van der Waals surface area contributed by atoms with E-state index in [-0.39, 0.29) is 0 Å². The van der Waals surface area contributed by atoms with Crippen molar-refractivity contribution >= 4 is 0 Å². The third-order valence-electron chi connectivity index (χ3n) is 3.78. The molecule has 0 amide bonds. The number of nitrogens with one attached hydrogen (secondary N) is 1. The van der Waals surface area contributed by atoms with E-state index < -0.39 is 0 Å². The Morgan fingerprint density at radius 2 is 2.40 bits per heavy atom. The number of aryl methyl sites for hydroxylation is 2. The van der Waals surface area contributed by atoms with E-state index in [1.807, 2.05) is 23.1 Å². The first kappa shape index (κ1) is 13.2. The van der Waals surface area contributed by atoms with Crippen molar-refractivity contribution in [1.82, 2.24) is 15.1 Å². The number of nitrogens with zero attached hydrogens (tertiary/aromatic N) is 2. The number of rotatable bonds is 5. The monoisotopic (exact) mass is 271 g/mol. The molecule has 4 heteroatoms. The van der Waals surface area contributed by atoms with Crippen LogP contribution >= 0.6 is 0 Å². The van der Waals surface area contributed by atoms with E-state index in [0.29, 0.717) is 12.1 Å². The first-order valence-electron chi connectivity index (χ1n) is 7.19. The van der Waals surface area contributed by atoms with Gasteiger partial charge in [-0.15, -0.1) is 0 Å². The molecule has 1 aromatic heterocycles. The second kappa shape index (κ2) is 5.67. The van der Waals surface area contributed by atoms with Crippen LogP contribution in [-0.4, -0.2) is 22.4 Å². The lowest BCUT2D eigenvalue weighted by molar-refractivity contribution is 0.294. The number of aromatic nitrogens is 2. The minimum Gasteiger partial charge on any atom is -0.491 e. The largest absolute Gasteiger partial charge is 0.491 e. The van der Waals surface area contributed by atoms with Crippen LogP contribution in [-0.2, 0) is 6.54 Å². The zero-order chi connectivity index (χ0) is 13.9. The van der Waals surface area contributed by atoms with E-state index >= 15 is 0 Å². The molecule has 1 N–H and O–H groups in total. The molecule has 1 aromatic carbocycles. The van der Waals surface area contributed by atoms with E-state index in [1.165, 1.54) is 11.1 Å². The van der Waals surface area contributed by atoms with E-state index in [9.17, 15) is 0 Å². The summed E-state index contributed by atoms with van der Waals surface area (Å²) < 4.78 is 7.71. The van der Waals surface area contributed by atoms with Gasteiger partial charge in [-0.25, -0.2) is 0 Å². The van der Waals surface area contributed by atoms with Crippen molar-refractivity contribution in [3.63, 3.8) is 0 Å². The Kier molecular flexibility index (Phi) is 3.74. The molecule has 2 atom stereocenters. The molecule has 0 spiro atoms. The summed E-state index contributed by atoms with van der Waals surface area (Å²) in [5.41, 5.74) is 2.57. The highest BCUT2D eigenvalue weighted by Crippen LogP contribution is 2.33. The van der Waals surface area contributed by atoms with Crippen LogP contribution in [0.15, 0.2) is 36.7 Å². The molecule has 106 valence electrons. The van der Waals surface area contributed by atoms with Crippen LogP contribution in [0.4, 0.5) is 0 Å². The van der Waals surface area contributed by atoms with Crippen LogP contribution < -0.4 is 10.1 Å². The van der Waals surface area contributed by atoms with Gasteiger partial charge in [-0.05, 0) is 32.4 Å². The molecule has 1 aliphatic rings. The fourth-order valence-corrected chi connectivity index (χ4v) is 2.66. The molecule has 3 rings (SSSR count). The molecule has 2 heterocycles. The zero-order valence-electron chi connectivity index (χ0n) is 12.0. The Bertz CT molecular complexity index is 565. The number of hydrogen-bond acceptors (Lipinski definition) is 3. The van der Waals surface area contributed by atoms with Crippen molar-refractivity contribution in [2.75, 3.05) is 6.61 Å². The first-order chi connectivity index (χ1) is 9.72. The molecule has 0 bridgehead atoms. The van der Waals surface area contributed by atoms with Gasteiger partial charge in [0.25, 0.3) is 0 Å². The summed E-state index contributed by atoms with van der Waals surface area (Å²) in [7, 11) is 0. The highest BCUT2D eigenvalue weighted by atomic mass is 16.5. The number of hydrogen-bond donors (Lipinski definition) is 1. The van der Waals surface area contributed by atoms with Crippen molar-refractivity contribution < 1.29 is 4.74 Å². The van der Waals surface area contributed by atoms with Gasteiger partial charge in [0, 0.05) is 30.5 Å². The van der Waals surface area contributed by atoms with Gasteiger partial charge in [0.05, 0.1) is 6.04 Å². The summed E-state index contributed by atoms with van der Waals surface area (Å²) in [4.78, 5) is 0. The molecule has 1 aliphatic heterocycles. The van der Waals surface area contributed by atoms with Gasteiger partial charge >= 0.3 is 0 Å². The zero-order valence-corrected chi connectivity index (χ0v) is 12.0. The summed E-state index contributed by atoms with van der Waals surface area (Å²) in [5, 5.41) is 7.89. The number of fused-ring (bicyclic) bond motifs is 1. The fourth-order valence-electron chi connectivity index (χ4n) is 2.66. The smallest absolute Gasteiger partial charge is 0.124 e. The molecule has 2 aromatic rings. The maximum absolute atomic E-state index is 5.74. The Labute approximate surface area is 119 Å². The van der Waals surface area contributed by atoms with E-state index in [1.54, 1.807) is 0 Å². The van der Waals surface area contributed by atoms with Gasteiger partial charge in [0.15, 0.2) is 0 Å². The summed E-state index contributed by atoms with van der Waals surface area (Å²) in [5.74, 6) is 1.02. The van der Waals surface area contributed by atoms with Crippen LogP contribution in [0.5, 0.6) is 5.75 Å². The predicted octanol–water partition coefficient (Wildman–Crippen LogP) is 2.69. The average Bonchev–Trinajstić information content (AvgIpc) is 3.07. The minimum atomic E-state index is 0.303. The van der Waals surface area contributed by atoms with Gasteiger partial charge in [-0.1, -0.05) is 17.7 Å². The third kappa shape index (κ3) is 2.85. The molecule has 4 nitrogen and oxygen atoms in total. The number of ether oxygens (including phenoxy) is 1. The minimum absolute atomic E-state index is 0.303. The van der Waals surface area contributed by atoms with Crippen LogP contribution in [0, 0.1) is 6.92 Å². The SMILES string of the molecule is Cc1ccc2c(c1)C(NC(C)CCn1cccn1)CO2. The molecule has 0 aliphatic carbocycles. The van der Waals surface area contributed by atoms with Crippen molar-refractivity contribution in [3.8, 4) is 5.75 Å². The lowest BCUT2D eigenvalue weighted by atomic mass is 10.0. The normalized spacial score (nSPS) is 18.6. The Hall–Kier alpha value is -1.81. The first-order valence-corrected chi connectivity index (χ1v) is 7.19. The summed E-state index contributed by atoms with van der Waals surface area (Å²) in [6, 6.07) is 9.09. The van der Waals surface area contributed by atoms with Gasteiger partial charge in [-0.2, -0.15) is 5.10 Å². The lowest BCUT2D eigenvalue weighted by Gasteiger charge is -2.19. The van der Waals surface area contributed by atoms with Crippen molar-refractivity contribution in [3.05, 3.63) is 47.8 Å². The maximum Gasteiger partial charge on any atom is 0.124 e. The van der Waals surface area contributed by atoms with Gasteiger partial charge in [0.2, 0.25) is 0 Å². The fraction of sp³-hybridized carbons (Fsp3) is 0.438. The third-order valence-corrected chi connectivity index (χ3v) is 3.78. The van der Waals surface area contributed by atoms with E-state index in [4.69, 9.17) is 4.74 Å². The Morgan fingerprint density at radius 3 is 3.20 bits per heavy atom. The van der Waals surface area contributed by atoms with Gasteiger partial charge < -0.3 is 10.1 Å². The quantitative estimate of drug-likeness (QED) is 0.908. The Morgan fingerprint density at radius 1 is 1.50 bits per heavy atom. The molecular weight excluding hydrogens is 250 g/mol. The van der Waals surface area contributed by atoms with Crippen LogP contribution in [0.3, 0.4) is 0 Å². The maximum atomic E-state index is 5.74. The van der Waals surface area contributed by atoms with Crippen LogP contribution in [0.2, 0.25) is 0 Å². The topological polar surface area (TPSA) is 39.1 Å². The van der Waals surface area contributed by atoms with E-state index in [0.717, 1.165) is 25.3 Å². The molecule has 2 unspecified atom stereocenters.